The molecule has 0 aliphatic carbocycles. The van der Waals surface area contributed by atoms with Crippen molar-refractivity contribution in [2.75, 3.05) is 19.8 Å². The van der Waals surface area contributed by atoms with Crippen molar-refractivity contribution < 1.29 is 14.2 Å². The van der Waals surface area contributed by atoms with Gasteiger partial charge in [0.2, 0.25) is 0 Å². The smallest absolute Gasteiger partial charge is 0.194 e. The van der Waals surface area contributed by atoms with E-state index in [9.17, 15) is 0 Å². The fraction of sp³-hybridized carbons (Fsp3) is 0.538. The average Bonchev–Trinajstić information content (AvgIpc) is 2.69. The molecule has 1 aromatic rings. The van der Waals surface area contributed by atoms with E-state index in [0.29, 0.717) is 29.9 Å². The van der Waals surface area contributed by atoms with Crippen LogP contribution in [0.3, 0.4) is 0 Å². The van der Waals surface area contributed by atoms with Gasteiger partial charge in [-0.3, -0.25) is 0 Å². The Kier molecular flexibility index (Phi) is 4.51. The Morgan fingerprint density at radius 2 is 2.22 bits per heavy atom. The molecule has 0 bridgehead atoms. The first kappa shape index (κ1) is 14.1. The number of hydrogen-bond acceptors (Lipinski definition) is 3. The molecule has 3 nitrogen and oxygen atoms in total. The molecule has 1 aliphatic heterocycles. The minimum absolute atomic E-state index is 0.0679. The van der Waals surface area contributed by atoms with Gasteiger partial charge in [-0.2, -0.15) is 0 Å². The van der Waals surface area contributed by atoms with Gasteiger partial charge in [-0.1, -0.05) is 29.3 Å². The highest BCUT2D eigenvalue weighted by molar-refractivity contribution is 6.35. The third-order valence-corrected chi connectivity index (χ3v) is 3.41. The molecule has 2 atom stereocenters. The van der Waals surface area contributed by atoms with Crippen LogP contribution in [0.5, 0.6) is 0 Å². The van der Waals surface area contributed by atoms with E-state index in [-0.39, 0.29) is 6.10 Å². The minimum atomic E-state index is -0.830. The van der Waals surface area contributed by atoms with E-state index in [1.165, 1.54) is 0 Å². The van der Waals surface area contributed by atoms with Crippen molar-refractivity contribution >= 4 is 23.2 Å². The van der Waals surface area contributed by atoms with E-state index in [0.717, 1.165) is 5.56 Å². The zero-order chi connectivity index (χ0) is 13.2. The number of halogens is 2. The van der Waals surface area contributed by atoms with Gasteiger partial charge < -0.3 is 14.2 Å². The lowest BCUT2D eigenvalue weighted by atomic mass is 10.1. The summed E-state index contributed by atoms with van der Waals surface area (Å²) in [5.41, 5.74) is 0.785. The molecule has 1 aromatic carbocycles. The maximum Gasteiger partial charge on any atom is 0.194 e. The molecule has 0 radical (unpaired) electrons. The van der Waals surface area contributed by atoms with Crippen LogP contribution in [0.4, 0.5) is 0 Å². The zero-order valence-electron chi connectivity index (χ0n) is 10.4. The second-order valence-electron chi connectivity index (χ2n) is 4.28. The number of rotatable bonds is 4. The highest BCUT2D eigenvalue weighted by Crippen LogP contribution is 2.38. The zero-order valence-corrected chi connectivity index (χ0v) is 11.9. The van der Waals surface area contributed by atoms with Gasteiger partial charge in [-0.15, -0.1) is 0 Å². The molecule has 0 spiro atoms. The molecule has 0 saturated carbocycles. The van der Waals surface area contributed by atoms with Crippen molar-refractivity contribution in [1.29, 1.82) is 0 Å². The molecule has 1 fully saturated rings. The summed E-state index contributed by atoms with van der Waals surface area (Å²) in [6, 6.07) is 5.29. The topological polar surface area (TPSA) is 27.7 Å². The average molecular weight is 291 g/mol. The second-order valence-corrected chi connectivity index (χ2v) is 5.12. The highest BCUT2D eigenvalue weighted by Gasteiger charge is 2.40. The van der Waals surface area contributed by atoms with Crippen molar-refractivity contribution in [3.8, 4) is 0 Å². The Hall–Kier alpha value is -0.320. The number of benzene rings is 1. The molecule has 1 saturated heterocycles. The highest BCUT2D eigenvalue weighted by atomic mass is 35.5. The molecule has 18 heavy (non-hydrogen) atoms. The number of ether oxygens (including phenoxy) is 3. The van der Waals surface area contributed by atoms with Crippen molar-refractivity contribution in [2.45, 2.75) is 25.7 Å². The van der Waals surface area contributed by atoms with Gasteiger partial charge in [-0.05, 0) is 26.0 Å². The molecule has 0 amide bonds. The van der Waals surface area contributed by atoms with Gasteiger partial charge in [0, 0.05) is 17.2 Å². The third kappa shape index (κ3) is 2.98. The lowest BCUT2D eigenvalue weighted by Gasteiger charge is -2.25. The molecule has 5 heteroatoms. The summed E-state index contributed by atoms with van der Waals surface area (Å²) >= 11 is 12.1. The summed E-state index contributed by atoms with van der Waals surface area (Å²) in [7, 11) is 0. The van der Waals surface area contributed by atoms with Crippen LogP contribution in [0.15, 0.2) is 18.2 Å². The Labute approximate surface area is 117 Å². The van der Waals surface area contributed by atoms with E-state index in [4.69, 9.17) is 37.4 Å². The second kappa shape index (κ2) is 5.76. The molecule has 1 heterocycles. The van der Waals surface area contributed by atoms with Crippen LogP contribution in [-0.2, 0) is 20.0 Å². The molecule has 100 valence electrons. The Balaban J connectivity index is 2.12. The Morgan fingerprint density at radius 3 is 2.89 bits per heavy atom. The summed E-state index contributed by atoms with van der Waals surface area (Å²) in [5.74, 6) is -0.830. The fourth-order valence-electron chi connectivity index (χ4n) is 1.97. The summed E-state index contributed by atoms with van der Waals surface area (Å²) in [5, 5.41) is 1.14. The molecule has 0 N–H and O–H groups in total. The normalized spacial score (nSPS) is 27.7. The van der Waals surface area contributed by atoms with E-state index in [1.54, 1.807) is 12.1 Å². The van der Waals surface area contributed by atoms with Crippen LogP contribution in [0.2, 0.25) is 10.0 Å². The Morgan fingerprint density at radius 1 is 1.44 bits per heavy atom. The summed E-state index contributed by atoms with van der Waals surface area (Å²) in [6.07, 6.45) is -0.0679. The van der Waals surface area contributed by atoms with E-state index in [2.05, 4.69) is 0 Å². The SMILES string of the molecule is CCOCC1CO[C@@](C)(c2ccc(Cl)cc2Cl)O1. The Bertz CT molecular complexity index is 425. The maximum absolute atomic E-state index is 6.18. The van der Waals surface area contributed by atoms with E-state index in [1.807, 2.05) is 19.9 Å². The quantitative estimate of drug-likeness (QED) is 0.848. The van der Waals surface area contributed by atoms with Gasteiger partial charge in [-0.25, -0.2) is 0 Å². The van der Waals surface area contributed by atoms with Crippen molar-refractivity contribution in [1.82, 2.24) is 0 Å². The molecular weight excluding hydrogens is 275 g/mol. The van der Waals surface area contributed by atoms with Crippen LogP contribution >= 0.6 is 23.2 Å². The lowest BCUT2D eigenvalue weighted by Crippen LogP contribution is -2.26. The van der Waals surface area contributed by atoms with Crippen LogP contribution < -0.4 is 0 Å². The molecule has 1 aliphatic rings. The van der Waals surface area contributed by atoms with E-state index >= 15 is 0 Å². The lowest BCUT2D eigenvalue weighted by molar-refractivity contribution is -0.167. The number of hydrogen-bond donors (Lipinski definition) is 0. The standard InChI is InChI=1S/C13H16Cl2O3/c1-3-16-7-10-8-17-13(2,18-10)11-5-4-9(14)6-12(11)15/h4-6,10H,3,7-8H2,1-2H3/t10?,13-/m1/s1. The summed E-state index contributed by atoms with van der Waals surface area (Å²) in [6.45, 7) is 5.49. The van der Waals surface area contributed by atoms with Crippen LogP contribution in [-0.4, -0.2) is 25.9 Å². The van der Waals surface area contributed by atoms with Gasteiger partial charge >= 0.3 is 0 Å². The van der Waals surface area contributed by atoms with Crippen LogP contribution in [0, 0.1) is 0 Å². The summed E-state index contributed by atoms with van der Waals surface area (Å²) < 4.78 is 16.9. The van der Waals surface area contributed by atoms with Crippen LogP contribution in [0.25, 0.3) is 0 Å². The first-order chi connectivity index (χ1) is 8.55. The largest absolute Gasteiger partial charge is 0.379 e. The van der Waals surface area contributed by atoms with E-state index < -0.39 is 5.79 Å². The van der Waals surface area contributed by atoms with Crippen molar-refractivity contribution in [3.63, 3.8) is 0 Å². The first-order valence-corrected chi connectivity index (χ1v) is 6.66. The van der Waals surface area contributed by atoms with Gasteiger partial charge in [0.05, 0.1) is 18.2 Å². The predicted molar refractivity (Wildman–Crippen MR) is 71.1 cm³/mol. The first-order valence-electron chi connectivity index (χ1n) is 5.90. The monoisotopic (exact) mass is 290 g/mol. The van der Waals surface area contributed by atoms with Gasteiger partial charge in [0.15, 0.2) is 5.79 Å². The van der Waals surface area contributed by atoms with Gasteiger partial charge in [0.25, 0.3) is 0 Å². The van der Waals surface area contributed by atoms with Crippen molar-refractivity contribution in [2.24, 2.45) is 0 Å². The molecule has 2 rings (SSSR count). The fourth-order valence-corrected chi connectivity index (χ4v) is 2.55. The molecule has 1 unspecified atom stereocenters. The minimum Gasteiger partial charge on any atom is -0.379 e. The summed E-state index contributed by atoms with van der Waals surface area (Å²) in [4.78, 5) is 0. The third-order valence-electron chi connectivity index (χ3n) is 2.86. The van der Waals surface area contributed by atoms with Gasteiger partial charge in [0.1, 0.15) is 6.10 Å². The van der Waals surface area contributed by atoms with Crippen molar-refractivity contribution in [3.05, 3.63) is 33.8 Å². The van der Waals surface area contributed by atoms with Crippen LogP contribution in [0.1, 0.15) is 19.4 Å². The molecular formula is C13H16Cl2O3. The maximum atomic E-state index is 6.18. The predicted octanol–water partition coefficient (Wildman–Crippen LogP) is 3.62. The molecule has 0 aromatic heterocycles.